The van der Waals surface area contributed by atoms with Crippen LogP contribution in [0.5, 0.6) is 0 Å². The molecular weight excluding hydrogens is 252 g/mol. The first-order valence-electron chi connectivity index (χ1n) is 7.40. The molecule has 2 nitrogen and oxygen atoms in total. The molecule has 0 aliphatic carbocycles. The zero-order chi connectivity index (χ0) is 14.1. The molecule has 19 heavy (non-hydrogen) atoms. The van der Waals surface area contributed by atoms with Gasteiger partial charge in [0, 0.05) is 28.0 Å². The van der Waals surface area contributed by atoms with E-state index in [9.17, 15) is 0 Å². The Morgan fingerprint density at radius 1 is 1.32 bits per heavy atom. The van der Waals surface area contributed by atoms with Crippen LogP contribution in [0.1, 0.15) is 64.8 Å². The third-order valence-corrected chi connectivity index (χ3v) is 4.91. The topological polar surface area (TPSA) is 24.1 Å². The molecule has 1 unspecified atom stereocenters. The Kier molecular flexibility index (Phi) is 4.38. The summed E-state index contributed by atoms with van der Waals surface area (Å²) in [6, 6.07) is 5.51. The Morgan fingerprint density at radius 3 is 2.42 bits per heavy atom. The predicted molar refractivity (Wildman–Crippen MR) is 84.8 cm³/mol. The van der Waals surface area contributed by atoms with E-state index in [1.165, 1.54) is 17.7 Å². The highest BCUT2D eigenvalue weighted by molar-refractivity contribution is 7.10. The molecule has 2 rings (SSSR count). The van der Waals surface area contributed by atoms with E-state index in [1.54, 1.807) is 0 Å². The van der Waals surface area contributed by atoms with Gasteiger partial charge in [-0.2, -0.15) is 0 Å². The van der Waals surface area contributed by atoms with Gasteiger partial charge in [-0.05, 0) is 58.4 Å². The minimum atomic E-state index is 0.215. The lowest BCUT2D eigenvalue weighted by atomic mass is 9.79. The van der Waals surface area contributed by atoms with Gasteiger partial charge in [-0.3, -0.25) is 0 Å². The van der Waals surface area contributed by atoms with Crippen molar-refractivity contribution in [3.05, 3.63) is 22.4 Å². The Balaban J connectivity index is 2.05. The minimum Gasteiger partial charge on any atom is -0.307 e. The molecule has 1 aromatic rings. The Labute approximate surface area is 122 Å². The van der Waals surface area contributed by atoms with Crippen molar-refractivity contribution < 1.29 is 0 Å². The molecule has 0 saturated carbocycles. The van der Waals surface area contributed by atoms with Crippen molar-refractivity contribution in [3.63, 3.8) is 0 Å². The van der Waals surface area contributed by atoms with E-state index >= 15 is 0 Å². The van der Waals surface area contributed by atoms with E-state index in [4.69, 9.17) is 0 Å². The highest BCUT2D eigenvalue weighted by Crippen LogP contribution is 2.31. The second-order valence-electron chi connectivity index (χ2n) is 7.14. The maximum absolute atomic E-state index is 3.89. The zero-order valence-corrected chi connectivity index (χ0v) is 13.7. The number of hydrogen-bond acceptors (Lipinski definition) is 3. The normalized spacial score (nSPS) is 24.3. The van der Waals surface area contributed by atoms with Crippen LogP contribution in [0.2, 0.25) is 0 Å². The second kappa shape index (κ2) is 5.55. The van der Waals surface area contributed by atoms with Crippen molar-refractivity contribution in [2.45, 2.75) is 77.0 Å². The van der Waals surface area contributed by atoms with Gasteiger partial charge in [0.2, 0.25) is 0 Å². The van der Waals surface area contributed by atoms with Crippen molar-refractivity contribution in [1.29, 1.82) is 0 Å². The van der Waals surface area contributed by atoms with Gasteiger partial charge >= 0.3 is 0 Å². The lowest BCUT2D eigenvalue weighted by Crippen LogP contribution is -2.61. The molecule has 108 valence electrons. The molecule has 1 aliphatic heterocycles. The van der Waals surface area contributed by atoms with Crippen LogP contribution in [-0.4, -0.2) is 17.1 Å². The summed E-state index contributed by atoms with van der Waals surface area (Å²) in [5.74, 6) is 0. The number of piperidine rings is 1. The van der Waals surface area contributed by atoms with Gasteiger partial charge < -0.3 is 10.6 Å². The van der Waals surface area contributed by atoms with Crippen molar-refractivity contribution in [2.24, 2.45) is 0 Å². The van der Waals surface area contributed by atoms with E-state index in [0.717, 1.165) is 6.42 Å². The Hall–Kier alpha value is -0.380. The molecule has 1 atom stereocenters. The van der Waals surface area contributed by atoms with Gasteiger partial charge in [0.1, 0.15) is 0 Å². The van der Waals surface area contributed by atoms with Gasteiger partial charge in [0.05, 0.1) is 0 Å². The smallest absolute Gasteiger partial charge is 0.0414 e. The third kappa shape index (κ3) is 4.04. The molecule has 2 heterocycles. The van der Waals surface area contributed by atoms with Crippen LogP contribution < -0.4 is 10.6 Å². The predicted octanol–water partition coefficient (Wildman–Crippen LogP) is 4.10. The first kappa shape index (κ1) is 15.0. The molecule has 1 fully saturated rings. The molecule has 1 aliphatic rings. The first-order chi connectivity index (χ1) is 8.81. The molecule has 3 heteroatoms. The summed E-state index contributed by atoms with van der Waals surface area (Å²) in [7, 11) is 0. The van der Waals surface area contributed by atoms with Crippen LogP contribution in [0.4, 0.5) is 0 Å². The van der Waals surface area contributed by atoms with Gasteiger partial charge in [-0.25, -0.2) is 0 Å². The van der Waals surface area contributed by atoms with Gasteiger partial charge in [0.15, 0.2) is 0 Å². The van der Waals surface area contributed by atoms with E-state index < -0.39 is 0 Å². The summed E-state index contributed by atoms with van der Waals surface area (Å²) >= 11 is 1.87. The standard InChI is InChI=1S/C16H28N2S/c1-6-13(14-8-7-9-19-14)17-12-10-15(2,3)18-16(4,5)11-12/h7-9,12-13,17-18H,6,10-11H2,1-5H3. The maximum Gasteiger partial charge on any atom is 0.0414 e. The average Bonchev–Trinajstić information content (AvgIpc) is 2.74. The number of thiophene rings is 1. The van der Waals surface area contributed by atoms with Crippen LogP contribution in [0.3, 0.4) is 0 Å². The molecule has 0 spiro atoms. The fraction of sp³-hybridized carbons (Fsp3) is 0.750. The average molecular weight is 280 g/mol. The van der Waals surface area contributed by atoms with Crippen molar-refractivity contribution >= 4 is 11.3 Å². The molecule has 0 radical (unpaired) electrons. The third-order valence-electron chi connectivity index (χ3n) is 3.92. The van der Waals surface area contributed by atoms with Crippen LogP contribution >= 0.6 is 11.3 Å². The summed E-state index contributed by atoms with van der Waals surface area (Å²) in [6.45, 7) is 11.5. The second-order valence-corrected chi connectivity index (χ2v) is 8.12. The highest BCUT2D eigenvalue weighted by Gasteiger charge is 2.38. The number of rotatable bonds is 4. The van der Waals surface area contributed by atoms with Crippen LogP contribution in [-0.2, 0) is 0 Å². The van der Waals surface area contributed by atoms with Crippen LogP contribution in [0, 0.1) is 0 Å². The van der Waals surface area contributed by atoms with Gasteiger partial charge in [-0.1, -0.05) is 13.0 Å². The fourth-order valence-electron chi connectivity index (χ4n) is 3.62. The van der Waals surface area contributed by atoms with Crippen LogP contribution in [0.15, 0.2) is 17.5 Å². The van der Waals surface area contributed by atoms with Crippen LogP contribution in [0.25, 0.3) is 0 Å². The minimum absolute atomic E-state index is 0.215. The van der Waals surface area contributed by atoms with Crippen molar-refractivity contribution in [1.82, 2.24) is 10.6 Å². The number of hydrogen-bond donors (Lipinski definition) is 2. The number of nitrogens with one attached hydrogen (secondary N) is 2. The largest absolute Gasteiger partial charge is 0.307 e. The first-order valence-corrected chi connectivity index (χ1v) is 8.28. The molecule has 1 saturated heterocycles. The molecule has 0 amide bonds. The van der Waals surface area contributed by atoms with E-state index in [2.05, 4.69) is 62.8 Å². The monoisotopic (exact) mass is 280 g/mol. The Morgan fingerprint density at radius 2 is 1.95 bits per heavy atom. The van der Waals surface area contributed by atoms with Crippen molar-refractivity contribution in [3.8, 4) is 0 Å². The summed E-state index contributed by atoms with van der Waals surface area (Å²) < 4.78 is 0. The zero-order valence-electron chi connectivity index (χ0n) is 12.9. The summed E-state index contributed by atoms with van der Waals surface area (Å²) in [5.41, 5.74) is 0.431. The summed E-state index contributed by atoms with van der Waals surface area (Å²) in [5, 5.41) is 9.82. The molecule has 2 N–H and O–H groups in total. The summed E-state index contributed by atoms with van der Waals surface area (Å²) in [6.07, 6.45) is 3.54. The molecule has 1 aromatic heterocycles. The quantitative estimate of drug-likeness (QED) is 0.867. The fourth-order valence-corrected chi connectivity index (χ4v) is 4.49. The van der Waals surface area contributed by atoms with Gasteiger partial charge in [0.25, 0.3) is 0 Å². The SMILES string of the molecule is CCC(NC1CC(C)(C)NC(C)(C)C1)c1cccs1. The van der Waals surface area contributed by atoms with Gasteiger partial charge in [-0.15, -0.1) is 11.3 Å². The maximum atomic E-state index is 3.89. The lowest BCUT2D eigenvalue weighted by molar-refractivity contribution is 0.139. The van der Waals surface area contributed by atoms with E-state index in [0.29, 0.717) is 12.1 Å². The van der Waals surface area contributed by atoms with E-state index in [1.807, 2.05) is 11.3 Å². The lowest BCUT2D eigenvalue weighted by Gasteiger charge is -2.47. The van der Waals surface area contributed by atoms with E-state index in [-0.39, 0.29) is 11.1 Å². The summed E-state index contributed by atoms with van der Waals surface area (Å²) in [4.78, 5) is 1.47. The highest BCUT2D eigenvalue weighted by atomic mass is 32.1. The Bertz CT molecular complexity index is 379. The molecule has 0 bridgehead atoms. The van der Waals surface area contributed by atoms with Crippen molar-refractivity contribution in [2.75, 3.05) is 0 Å². The molecule has 0 aromatic carbocycles. The molecular formula is C16H28N2S.